The highest BCUT2D eigenvalue weighted by molar-refractivity contribution is 7.11. The van der Waals surface area contributed by atoms with Gasteiger partial charge in [-0.05, 0) is 31.2 Å². The molecule has 0 atom stereocenters. The van der Waals surface area contributed by atoms with Gasteiger partial charge in [-0.2, -0.15) is 4.99 Å². The van der Waals surface area contributed by atoms with E-state index in [1.54, 1.807) is 35.8 Å². The van der Waals surface area contributed by atoms with Gasteiger partial charge in [0.05, 0.1) is 6.61 Å². The van der Waals surface area contributed by atoms with Gasteiger partial charge < -0.3 is 10.5 Å². The van der Waals surface area contributed by atoms with Crippen LogP contribution in [0.1, 0.15) is 27.0 Å². The Bertz CT molecular complexity index is 992. The third-order valence-electron chi connectivity index (χ3n) is 3.55. The van der Waals surface area contributed by atoms with E-state index < -0.39 is 11.9 Å². The summed E-state index contributed by atoms with van der Waals surface area (Å²) in [6.07, 6.45) is 0. The average molecular weight is 367 g/mol. The Balaban J connectivity index is 2.17. The van der Waals surface area contributed by atoms with Crippen LogP contribution in [0.25, 0.3) is 5.69 Å². The van der Waals surface area contributed by atoms with E-state index in [1.807, 2.05) is 36.4 Å². The number of hydrogen-bond donors (Lipinski definition) is 1. The Morgan fingerprint density at radius 1 is 1.08 bits per heavy atom. The van der Waals surface area contributed by atoms with Crippen LogP contribution in [-0.2, 0) is 4.74 Å². The highest BCUT2D eigenvalue weighted by Gasteiger charge is 2.20. The number of ether oxygens (including phenoxy) is 1. The molecule has 3 rings (SSSR count). The SMILES string of the molecule is CCOC(=O)c1sc(=NC(=O)c2ccccc2)n(-c2ccccc2)c1N. The number of nitrogens with two attached hydrogens (primary N) is 1. The fraction of sp³-hybridized carbons (Fsp3) is 0.105. The number of rotatable bonds is 4. The van der Waals surface area contributed by atoms with E-state index in [-0.39, 0.29) is 17.3 Å². The van der Waals surface area contributed by atoms with E-state index in [0.717, 1.165) is 11.3 Å². The first kappa shape index (κ1) is 17.6. The highest BCUT2D eigenvalue weighted by atomic mass is 32.1. The molecule has 132 valence electrons. The van der Waals surface area contributed by atoms with Crippen LogP contribution in [0.15, 0.2) is 65.7 Å². The Morgan fingerprint density at radius 2 is 1.69 bits per heavy atom. The highest BCUT2D eigenvalue weighted by Crippen LogP contribution is 2.21. The number of thiazole rings is 1. The molecule has 0 radical (unpaired) electrons. The Morgan fingerprint density at radius 3 is 2.31 bits per heavy atom. The molecule has 0 fully saturated rings. The molecule has 0 aliphatic heterocycles. The largest absolute Gasteiger partial charge is 0.462 e. The molecule has 0 aliphatic carbocycles. The Kier molecular flexibility index (Phi) is 5.28. The molecule has 0 bridgehead atoms. The van der Waals surface area contributed by atoms with Gasteiger partial charge in [0.25, 0.3) is 5.91 Å². The topological polar surface area (TPSA) is 86.7 Å². The van der Waals surface area contributed by atoms with Crippen LogP contribution in [0.4, 0.5) is 5.82 Å². The number of amides is 1. The van der Waals surface area contributed by atoms with Crippen LogP contribution in [0.2, 0.25) is 0 Å². The number of para-hydroxylation sites is 1. The quantitative estimate of drug-likeness (QED) is 0.718. The van der Waals surface area contributed by atoms with Gasteiger partial charge in [-0.15, -0.1) is 0 Å². The van der Waals surface area contributed by atoms with Crippen molar-refractivity contribution in [3.8, 4) is 5.69 Å². The second-order valence-electron chi connectivity index (χ2n) is 5.27. The fourth-order valence-corrected chi connectivity index (χ4v) is 3.31. The lowest BCUT2D eigenvalue weighted by atomic mass is 10.2. The average Bonchev–Trinajstić information content (AvgIpc) is 2.99. The standard InChI is InChI=1S/C19H17N3O3S/c1-2-25-18(24)15-16(20)22(14-11-7-4-8-12-14)19(26-15)21-17(23)13-9-5-3-6-10-13/h3-12H,2,20H2,1H3. The summed E-state index contributed by atoms with van der Waals surface area (Å²) >= 11 is 1.03. The maximum Gasteiger partial charge on any atom is 0.352 e. The summed E-state index contributed by atoms with van der Waals surface area (Å²) in [7, 11) is 0. The van der Waals surface area contributed by atoms with Crippen molar-refractivity contribution >= 4 is 29.0 Å². The predicted molar refractivity (Wildman–Crippen MR) is 100 cm³/mol. The molecule has 0 saturated heterocycles. The molecule has 3 aromatic rings. The smallest absolute Gasteiger partial charge is 0.352 e. The van der Waals surface area contributed by atoms with Crippen LogP contribution < -0.4 is 10.5 Å². The van der Waals surface area contributed by atoms with Gasteiger partial charge in [0.2, 0.25) is 0 Å². The van der Waals surface area contributed by atoms with Crippen LogP contribution in [0, 0.1) is 0 Å². The maximum atomic E-state index is 12.5. The van der Waals surface area contributed by atoms with Crippen LogP contribution in [-0.4, -0.2) is 23.1 Å². The molecular formula is C19H17N3O3S. The lowest BCUT2D eigenvalue weighted by molar-refractivity contribution is 0.0532. The number of carbonyl (C=O) groups is 2. The van der Waals surface area contributed by atoms with Gasteiger partial charge in [-0.1, -0.05) is 47.7 Å². The summed E-state index contributed by atoms with van der Waals surface area (Å²) in [5.74, 6) is -0.750. The Labute approximate surface area is 154 Å². The number of anilines is 1. The molecule has 7 heteroatoms. The summed E-state index contributed by atoms with van der Waals surface area (Å²) in [5, 5.41) is 0. The minimum atomic E-state index is -0.534. The first-order valence-electron chi connectivity index (χ1n) is 7.99. The zero-order valence-corrected chi connectivity index (χ0v) is 14.9. The van der Waals surface area contributed by atoms with Crippen molar-refractivity contribution in [2.75, 3.05) is 12.3 Å². The first-order valence-corrected chi connectivity index (χ1v) is 8.81. The molecule has 1 heterocycles. The van der Waals surface area contributed by atoms with Crippen molar-refractivity contribution in [1.82, 2.24) is 4.57 Å². The number of benzene rings is 2. The second kappa shape index (κ2) is 7.79. The first-order chi connectivity index (χ1) is 12.6. The zero-order chi connectivity index (χ0) is 18.5. The monoisotopic (exact) mass is 367 g/mol. The predicted octanol–water partition coefficient (Wildman–Crippen LogP) is 3.04. The van der Waals surface area contributed by atoms with Crippen LogP contribution in [0.5, 0.6) is 0 Å². The second-order valence-corrected chi connectivity index (χ2v) is 6.25. The van der Waals surface area contributed by atoms with Crippen molar-refractivity contribution in [3.05, 3.63) is 75.9 Å². The van der Waals surface area contributed by atoms with Gasteiger partial charge in [-0.25, -0.2) is 4.79 Å². The number of nitrogen functional groups attached to an aromatic ring is 1. The van der Waals surface area contributed by atoms with Gasteiger partial charge in [-0.3, -0.25) is 9.36 Å². The van der Waals surface area contributed by atoms with E-state index in [9.17, 15) is 9.59 Å². The minimum Gasteiger partial charge on any atom is -0.462 e. The molecule has 2 aromatic carbocycles. The van der Waals surface area contributed by atoms with E-state index in [4.69, 9.17) is 10.5 Å². The molecular weight excluding hydrogens is 350 g/mol. The zero-order valence-electron chi connectivity index (χ0n) is 14.1. The van der Waals surface area contributed by atoms with Crippen molar-refractivity contribution in [1.29, 1.82) is 0 Å². The van der Waals surface area contributed by atoms with E-state index in [0.29, 0.717) is 16.1 Å². The van der Waals surface area contributed by atoms with Crippen LogP contribution in [0.3, 0.4) is 0 Å². The van der Waals surface area contributed by atoms with Gasteiger partial charge in [0.15, 0.2) is 9.68 Å². The summed E-state index contributed by atoms with van der Waals surface area (Å²) in [5.41, 5.74) is 7.34. The molecule has 0 unspecified atom stereocenters. The number of esters is 1. The van der Waals surface area contributed by atoms with E-state index >= 15 is 0 Å². The van der Waals surface area contributed by atoms with Gasteiger partial charge in [0.1, 0.15) is 5.82 Å². The number of nitrogens with zero attached hydrogens (tertiary/aromatic N) is 2. The van der Waals surface area contributed by atoms with E-state index in [2.05, 4.69) is 4.99 Å². The summed E-state index contributed by atoms with van der Waals surface area (Å²) in [6, 6.07) is 17.9. The summed E-state index contributed by atoms with van der Waals surface area (Å²) < 4.78 is 6.64. The molecule has 6 nitrogen and oxygen atoms in total. The maximum absolute atomic E-state index is 12.5. The summed E-state index contributed by atoms with van der Waals surface area (Å²) in [4.78, 5) is 29.4. The Hall–Kier alpha value is -3.19. The number of hydrogen-bond acceptors (Lipinski definition) is 5. The minimum absolute atomic E-state index is 0.194. The third kappa shape index (κ3) is 3.57. The van der Waals surface area contributed by atoms with Crippen molar-refractivity contribution in [3.63, 3.8) is 0 Å². The normalized spacial score (nSPS) is 11.3. The molecule has 1 amide bonds. The van der Waals surface area contributed by atoms with Crippen LogP contribution >= 0.6 is 11.3 Å². The van der Waals surface area contributed by atoms with E-state index in [1.165, 1.54) is 0 Å². The molecule has 0 spiro atoms. The molecule has 2 N–H and O–H groups in total. The fourth-order valence-electron chi connectivity index (χ4n) is 2.37. The molecule has 0 aliphatic rings. The third-order valence-corrected chi connectivity index (χ3v) is 4.59. The van der Waals surface area contributed by atoms with Crippen molar-refractivity contribution < 1.29 is 14.3 Å². The summed E-state index contributed by atoms with van der Waals surface area (Å²) in [6.45, 7) is 1.95. The lowest BCUT2D eigenvalue weighted by Gasteiger charge is -2.06. The molecule has 26 heavy (non-hydrogen) atoms. The van der Waals surface area contributed by atoms with Crippen molar-refractivity contribution in [2.45, 2.75) is 6.92 Å². The van der Waals surface area contributed by atoms with Gasteiger partial charge >= 0.3 is 5.97 Å². The number of carbonyl (C=O) groups excluding carboxylic acids is 2. The van der Waals surface area contributed by atoms with Crippen molar-refractivity contribution in [2.24, 2.45) is 4.99 Å². The van der Waals surface area contributed by atoms with Gasteiger partial charge in [0, 0.05) is 11.3 Å². The lowest BCUT2D eigenvalue weighted by Crippen LogP contribution is -2.17. The molecule has 0 saturated carbocycles. The number of aromatic nitrogens is 1. The molecule has 1 aromatic heterocycles.